The highest BCUT2D eigenvalue weighted by molar-refractivity contribution is 5.77. The number of nitrogens with one attached hydrogen (secondary N) is 1. The Morgan fingerprint density at radius 3 is 2.56 bits per heavy atom. The van der Waals surface area contributed by atoms with Gasteiger partial charge in [-0.25, -0.2) is 19.3 Å². The molecule has 0 atom stereocenters. The van der Waals surface area contributed by atoms with E-state index in [0.29, 0.717) is 40.1 Å². The smallest absolute Gasteiger partial charge is 0.278 e. The van der Waals surface area contributed by atoms with Crippen LogP contribution in [0.5, 0.6) is 0 Å². The molecule has 0 amide bonds. The van der Waals surface area contributed by atoms with Gasteiger partial charge in [0.05, 0.1) is 12.2 Å². The minimum absolute atomic E-state index is 0.217. The fourth-order valence-corrected chi connectivity index (χ4v) is 5.04. The molecule has 10 heteroatoms. The number of allylic oxidation sites excluding steroid dienone is 1. The van der Waals surface area contributed by atoms with E-state index in [1.807, 2.05) is 24.3 Å². The fourth-order valence-electron chi connectivity index (χ4n) is 5.04. The van der Waals surface area contributed by atoms with Crippen LogP contribution in [0.3, 0.4) is 0 Å². The standard InChI is InChI=1S/C29H29N9O/c1-3-16-37-28(39)23-19-30-29(32-22-11-9-20(10-12-22)21-13-17-36(2)18-14-21)34-27(23)38(37)26-8-4-6-24(33-26)25-7-5-15-31-35-25/h3-12,15,19,21H,1,13-14,16-18H2,2H3,(H,30,32,34). The number of fused-ring (bicyclic) bond motifs is 1. The van der Waals surface area contributed by atoms with Crippen LogP contribution in [0.1, 0.15) is 24.3 Å². The number of pyridine rings is 1. The number of hydrogen-bond donors (Lipinski definition) is 1. The highest BCUT2D eigenvalue weighted by Gasteiger charge is 2.20. The average molecular weight is 520 g/mol. The van der Waals surface area contributed by atoms with E-state index in [1.165, 1.54) is 18.4 Å². The van der Waals surface area contributed by atoms with Gasteiger partial charge in [-0.2, -0.15) is 10.1 Å². The molecule has 0 bridgehead atoms. The minimum atomic E-state index is -0.217. The molecule has 0 aliphatic carbocycles. The lowest BCUT2D eigenvalue weighted by Crippen LogP contribution is -2.29. The first-order chi connectivity index (χ1) is 19.1. The lowest BCUT2D eigenvalue weighted by Gasteiger charge is -2.29. The Hall–Kier alpha value is -4.70. The molecule has 0 unspecified atom stereocenters. The van der Waals surface area contributed by atoms with E-state index in [4.69, 9.17) is 9.97 Å². The van der Waals surface area contributed by atoms with Gasteiger partial charge in [0.25, 0.3) is 5.56 Å². The van der Waals surface area contributed by atoms with Gasteiger partial charge in [0.15, 0.2) is 11.5 Å². The number of piperidine rings is 1. The van der Waals surface area contributed by atoms with Gasteiger partial charge in [0, 0.05) is 18.1 Å². The fraction of sp³-hybridized carbons (Fsp3) is 0.241. The van der Waals surface area contributed by atoms with Crippen molar-refractivity contribution in [3.05, 3.63) is 95.6 Å². The van der Waals surface area contributed by atoms with E-state index < -0.39 is 0 Å². The Morgan fingerprint density at radius 1 is 1.03 bits per heavy atom. The molecular weight excluding hydrogens is 490 g/mol. The molecule has 10 nitrogen and oxygen atoms in total. The van der Waals surface area contributed by atoms with Crippen LogP contribution in [0.2, 0.25) is 0 Å². The lowest BCUT2D eigenvalue weighted by atomic mass is 9.89. The highest BCUT2D eigenvalue weighted by atomic mass is 16.1. The van der Waals surface area contributed by atoms with Crippen LogP contribution in [-0.4, -0.2) is 59.5 Å². The van der Waals surface area contributed by atoms with Crippen molar-refractivity contribution in [2.24, 2.45) is 0 Å². The quantitative estimate of drug-likeness (QED) is 0.319. The van der Waals surface area contributed by atoms with Gasteiger partial charge in [0.2, 0.25) is 5.95 Å². The second-order valence-electron chi connectivity index (χ2n) is 9.73. The van der Waals surface area contributed by atoms with Crippen molar-refractivity contribution in [3.8, 4) is 17.2 Å². The third-order valence-corrected chi connectivity index (χ3v) is 7.12. The summed E-state index contributed by atoms with van der Waals surface area (Å²) in [5.41, 5.74) is 3.74. The second kappa shape index (κ2) is 10.6. The van der Waals surface area contributed by atoms with Crippen molar-refractivity contribution in [3.63, 3.8) is 0 Å². The number of hydrogen-bond acceptors (Lipinski definition) is 8. The summed E-state index contributed by atoms with van der Waals surface area (Å²) in [6.07, 6.45) is 7.19. The maximum absolute atomic E-state index is 13.3. The first-order valence-electron chi connectivity index (χ1n) is 13.0. The van der Waals surface area contributed by atoms with E-state index >= 15 is 0 Å². The van der Waals surface area contributed by atoms with E-state index in [9.17, 15) is 4.79 Å². The molecule has 1 N–H and O–H groups in total. The first kappa shape index (κ1) is 24.6. The number of rotatable bonds is 7. The molecule has 6 rings (SSSR count). The Morgan fingerprint density at radius 2 is 1.82 bits per heavy atom. The molecule has 5 heterocycles. The summed E-state index contributed by atoms with van der Waals surface area (Å²) in [4.78, 5) is 29.6. The van der Waals surface area contributed by atoms with Crippen molar-refractivity contribution in [1.29, 1.82) is 0 Å². The summed E-state index contributed by atoms with van der Waals surface area (Å²) in [7, 11) is 2.18. The Bertz CT molecular complexity index is 1670. The van der Waals surface area contributed by atoms with Crippen LogP contribution in [0, 0.1) is 0 Å². The van der Waals surface area contributed by atoms with Crippen LogP contribution in [0.25, 0.3) is 28.2 Å². The largest absolute Gasteiger partial charge is 0.324 e. The molecule has 0 spiro atoms. The van der Waals surface area contributed by atoms with Crippen molar-refractivity contribution in [1.82, 2.24) is 39.4 Å². The Labute approximate surface area is 225 Å². The normalized spacial score (nSPS) is 14.5. The number of nitrogens with zero attached hydrogens (tertiary/aromatic N) is 8. The molecule has 4 aromatic heterocycles. The van der Waals surface area contributed by atoms with E-state index in [2.05, 4.69) is 63.3 Å². The SMILES string of the molecule is C=CCn1c(=O)c2cnc(Nc3ccc(C4CCN(C)CC4)cc3)nc2n1-c1cccc(-c2cccnn2)n1. The number of aromatic nitrogens is 7. The van der Waals surface area contributed by atoms with Crippen molar-refractivity contribution < 1.29 is 0 Å². The third-order valence-electron chi connectivity index (χ3n) is 7.12. The molecule has 1 saturated heterocycles. The molecule has 0 radical (unpaired) electrons. The van der Waals surface area contributed by atoms with Gasteiger partial charge >= 0.3 is 0 Å². The van der Waals surface area contributed by atoms with Crippen LogP contribution in [0.15, 0.2) is 84.4 Å². The van der Waals surface area contributed by atoms with Gasteiger partial charge in [-0.05, 0) is 80.9 Å². The number of anilines is 2. The summed E-state index contributed by atoms with van der Waals surface area (Å²) < 4.78 is 3.25. The zero-order valence-electron chi connectivity index (χ0n) is 21.7. The monoisotopic (exact) mass is 519 g/mol. The Balaban J connectivity index is 1.35. The Kier molecular flexibility index (Phi) is 6.68. The van der Waals surface area contributed by atoms with Gasteiger partial charge in [0.1, 0.15) is 11.1 Å². The third kappa shape index (κ3) is 4.94. The average Bonchev–Trinajstić information content (AvgIpc) is 3.25. The number of benzene rings is 1. The van der Waals surface area contributed by atoms with Crippen LogP contribution < -0.4 is 10.9 Å². The summed E-state index contributed by atoms with van der Waals surface area (Å²) >= 11 is 0. The minimum Gasteiger partial charge on any atom is -0.324 e. The van der Waals surface area contributed by atoms with Crippen molar-refractivity contribution in [2.75, 3.05) is 25.5 Å². The maximum atomic E-state index is 13.3. The van der Waals surface area contributed by atoms with Gasteiger partial charge < -0.3 is 10.2 Å². The number of likely N-dealkylation sites (tertiary alicyclic amines) is 1. The van der Waals surface area contributed by atoms with E-state index in [0.717, 1.165) is 18.8 Å². The maximum Gasteiger partial charge on any atom is 0.278 e. The first-order valence-corrected chi connectivity index (χ1v) is 13.0. The second-order valence-corrected chi connectivity index (χ2v) is 9.73. The van der Waals surface area contributed by atoms with Crippen LogP contribution in [0.4, 0.5) is 11.6 Å². The van der Waals surface area contributed by atoms with Crippen LogP contribution >= 0.6 is 0 Å². The molecular formula is C29H29N9O. The van der Waals surface area contributed by atoms with E-state index in [1.54, 1.807) is 33.9 Å². The van der Waals surface area contributed by atoms with Crippen LogP contribution in [-0.2, 0) is 6.54 Å². The molecule has 5 aromatic rings. The summed E-state index contributed by atoms with van der Waals surface area (Å²) in [5, 5.41) is 11.8. The summed E-state index contributed by atoms with van der Waals surface area (Å²) in [6, 6.07) is 17.7. The molecule has 1 aromatic carbocycles. The molecule has 196 valence electrons. The van der Waals surface area contributed by atoms with Crippen molar-refractivity contribution >= 4 is 22.7 Å². The topological polar surface area (TPSA) is 107 Å². The zero-order valence-corrected chi connectivity index (χ0v) is 21.7. The van der Waals surface area contributed by atoms with Crippen molar-refractivity contribution in [2.45, 2.75) is 25.3 Å². The predicted octanol–water partition coefficient (Wildman–Crippen LogP) is 4.17. The molecule has 1 fully saturated rings. The summed E-state index contributed by atoms with van der Waals surface area (Å²) in [5.74, 6) is 1.51. The van der Waals surface area contributed by atoms with E-state index in [-0.39, 0.29) is 12.1 Å². The molecule has 1 aliphatic heterocycles. The summed E-state index contributed by atoms with van der Waals surface area (Å²) in [6.45, 7) is 6.36. The van der Waals surface area contributed by atoms with Gasteiger partial charge in [-0.15, -0.1) is 11.7 Å². The zero-order chi connectivity index (χ0) is 26.8. The van der Waals surface area contributed by atoms with Gasteiger partial charge in [-0.1, -0.05) is 24.3 Å². The van der Waals surface area contributed by atoms with Gasteiger partial charge in [-0.3, -0.25) is 4.79 Å². The molecule has 1 aliphatic rings. The highest BCUT2D eigenvalue weighted by Crippen LogP contribution is 2.29. The lowest BCUT2D eigenvalue weighted by molar-refractivity contribution is 0.255. The molecule has 39 heavy (non-hydrogen) atoms. The predicted molar refractivity (Wildman–Crippen MR) is 151 cm³/mol. The molecule has 0 saturated carbocycles.